The number of Topliss-reactive ketones (excluding diaryl/α,β-unsaturated/α-hetero) is 1. The predicted molar refractivity (Wildman–Crippen MR) is 87.5 cm³/mol. The van der Waals surface area contributed by atoms with Crippen LogP contribution < -0.4 is 0 Å². The Labute approximate surface area is 131 Å². The summed E-state index contributed by atoms with van der Waals surface area (Å²) < 4.78 is 6.04. The number of hydrogen-bond acceptors (Lipinski definition) is 2. The van der Waals surface area contributed by atoms with Gasteiger partial charge in [-0.15, -0.1) is 0 Å². The first kappa shape index (κ1) is 17.0. The van der Waals surface area contributed by atoms with Gasteiger partial charge in [0.05, 0.1) is 5.60 Å². The fourth-order valence-corrected chi connectivity index (χ4v) is 4.13. The SMILES string of the molecule is CCCCCCCCCC(=O)C1CCOC2(CCCC2)C1. The van der Waals surface area contributed by atoms with Crippen LogP contribution in [-0.2, 0) is 9.53 Å². The summed E-state index contributed by atoms with van der Waals surface area (Å²) in [6.07, 6.45) is 16.8. The third-order valence-corrected chi connectivity index (χ3v) is 5.49. The van der Waals surface area contributed by atoms with Crippen LogP contribution in [0.15, 0.2) is 0 Å². The van der Waals surface area contributed by atoms with Crippen LogP contribution in [-0.4, -0.2) is 18.0 Å². The first-order valence-corrected chi connectivity index (χ1v) is 9.42. The second kappa shape index (κ2) is 8.92. The summed E-state index contributed by atoms with van der Waals surface area (Å²) in [5, 5.41) is 0. The van der Waals surface area contributed by atoms with E-state index < -0.39 is 0 Å². The van der Waals surface area contributed by atoms with Crippen molar-refractivity contribution in [2.24, 2.45) is 5.92 Å². The van der Waals surface area contributed by atoms with Crippen molar-refractivity contribution in [1.29, 1.82) is 0 Å². The number of carbonyl (C=O) groups is 1. The molecule has 122 valence electrons. The molecule has 1 unspecified atom stereocenters. The van der Waals surface area contributed by atoms with Crippen molar-refractivity contribution < 1.29 is 9.53 Å². The standard InChI is InChI=1S/C19H34O2/c1-2-3-4-5-6-7-8-11-18(20)17-12-15-21-19(16-17)13-9-10-14-19/h17H,2-16H2,1H3. The Balaban J connectivity index is 1.59. The van der Waals surface area contributed by atoms with E-state index in [1.807, 2.05) is 0 Å². The van der Waals surface area contributed by atoms with Gasteiger partial charge in [0, 0.05) is 18.9 Å². The van der Waals surface area contributed by atoms with E-state index in [4.69, 9.17) is 4.74 Å². The highest BCUT2D eigenvalue weighted by atomic mass is 16.5. The molecule has 0 aromatic heterocycles. The molecule has 2 heteroatoms. The molecule has 0 aromatic rings. The topological polar surface area (TPSA) is 26.3 Å². The molecule has 0 N–H and O–H groups in total. The summed E-state index contributed by atoms with van der Waals surface area (Å²) in [4.78, 5) is 12.4. The van der Waals surface area contributed by atoms with Gasteiger partial charge in [0.15, 0.2) is 0 Å². The Bertz CT molecular complexity index is 305. The van der Waals surface area contributed by atoms with Crippen LogP contribution in [0.3, 0.4) is 0 Å². The molecule has 0 bridgehead atoms. The summed E-state index contributed by atoms with van der Waals surface area (Å²) in [6, 6.07) is 0. The quantitative estimate of drug-likeness (QED) is 0.530. The van der Waals surface area contributed by atoms with E-state index >= 15 is 0 Å². The van der Waals surface area contributed by atoms with Crippen molar-refractivity contribution in [2.45, 2.75) is 102 Å². The minimum absolute atomic E-state index is 0.0960. The van der Waals surface area contributed by atoms with Gasteiger partial charge in [-0.05, 0) is 32.1 Å². The van der Waals surface area contributed by atoms with Crippen LogP contribution in [0.25, 0.3) is 0 Å². The highest BCUT2D eigenvalue weighted by molar-refractivity contribution is 5.81. The highest BCUT2D eigenvalue weighted by Crippen LogP contribution is 2.42. The molecule has 0 radical (unpaired) electrons. The van der Waals surface area contributed by atoms with Crippen molar-refractivity contribution in [3.8, 4) is 0 Å². The zero-order valence-electron chi connectivity index (χ0n) is 14.0. The molecule has 2 nitrogen and oxygen atoms in total. The smallest absolute Gasteiger partial charge is 0.136 e. The molecule has 2 fully saturated rings. The summed E-state index contributed by atoms with van der Waals surface area (Å²) >= 11 is 0. The minimum atomic E-state index is 0.0960. The molecule has 1 saturated heterocycles. The van der Waals surface area contributed by atoms with Gasteiger partial charge in [0.2, 0.25) is 0 Å². The van der Waals surface area contributed by atoms with E-state index in [0.29, 0.717) is 11.7 Å². The van der Waals surface area contributed by atoms with Crippen LogP contribution in [0.4, 0.5) is 0 Å². The average molecular weight is 294 g/mol. The first-order valence-electron chi connectivity index (χ1n) is 9.42. The van der Waals surface area contributed by atoms with Crippen LogP contribution in [0.1, 0.15) is 96.8 Å². The summed E-state index contributed by atoms with van der Waals surface area (Å²) in [6.45, 7) is 3.07. The van der Waals surface area contributed by atoms with Gasteiger partial charge in [-0.3, -0.25) is 4.79 Å². The normalized spacial score (nSPS) is 24.5. The fourth-order valence-electron chi connectivity index (χ4n) is 4.13. The maximum absolute atomic E-state index is 12.4. The Hall–Kier alpha value is -0.370. The Kier molecular flexibility index (Phi) is 7.22. The molecule has 1 aliphatic carbocycles. The highest BCUT2D eigenvalue weighted by Gasteiger charge is 2.41. The fraction of sp³-hybridized carbons (Fsp3) is 0.947. The number of ketones is 1. The number of ether oxygens (including phenoxy) is 1. The largest absolute Gasteiger partial charge is 0.375 e. The maximum atomic E-state index is 12.4. The number of hydrogen-bond donors (Lipinski definition) is 0. The summed E-state index contributed by atoms with van der Waals surface area (Å²) in [5.74, 6) is 0.829. The third-order valence-electron chi connectivity index (χ3n) is 5.49. The third kappa shape index (κ3) is 5.39. The molecule has 0 aromatic carbocycles. The molecule has 1 heterocycles. The lowest BCUT2D eigenvalue weighted by Crippen LogP contribution is -2.39. The van der Waals surface area contributed by atoms with Crippen molar-refractivity contribution in [2.75, 3.05) is 6.61 Å². The molecular formula is C19H34O2. The van der Waals surface area contributed by atoms with Gasteiger partial charge >= 0.3 is 0 Å². The van der Waals surface area contributed by atoms with E-state index in [2.05, 4.69) is 6.92 Å². The summed E-state index contributed by atoms with van der Waals surface area (Å²) in [7, 11) is 0. The minimum Gasteiger partial charge on any atom is -0.375 e. The van der Waals surface area contributed by atoms with E-state index in [1.54, 1.807) is 0 Å². The molecule has 1 aliphatic heterocycles. The molecule has 1 spiro atoms. The molecule has 21 heavy (non-hydrogen) atoms. The second-order valence-corrected chi connectivity index (χ2v) is 7.27. The van der Waals surface area contributed by atoms with Gasteiger partial charge in [-0.2, -0.15) is 0 Å². The molecule has 1 atom stereocenters. The first-order chi connectivity index (χ1) is 10.3. The number of carbonyl (C=O) groups excluding carboxylic acids is 1. The lowest BCUT2D eigenvalue weighted by molar-refractivity contribution is -0.136. The van der Waals surface area contributed by atoms with Crippen molar-refractivity contribution in [1.82, 2.24) is 0 Å². The molecule has 2 rings (SSSR count). The molecular weight excluding hydrogens is 260 g/mol. The van der Waals surface area contributed by atoms with Crippen LogP contribution in [0.5, 0.6) is 0 Å². The van der Waals surface area contributed by atoms with Crippen molar-refractivity contribution >= 4 is 5.78 Å². The zero-order chi connectivity index (χ0) is 15.0. The Morgan fingerprint density at radius 1 is 1.05 bits per heavy atom. The number of rotatable bonds is 9. The Morgan fingerprint density at radius 3 is 2.43 bits per heavy atom. The van der Waals surface area contributed by atoms with Crippen LogP contribution in [0, 0.1) is 5.92 Å². The Morgan fingerprint density at radius 2 is 1.71 bits per heavy atom. The van der Waals surface area contributed by atoms with Crippen molar-refractivity contribution in [3.05, 3.63) is 0 Å². The van der Waals surface area contributed by atoms with E-state index in [0.717, 1.165) is 32.3 Å². The molecule has 0 amide bonds. The predicted octanol–water partition coefficient (Wildman–Crippen LogP) is 5.44. The second-order valence-electron chi connectivity index (χ2n) is 7.27. The van der Waals surface area contributed by atoms with Crippen LogP contribution >= 0.6 is 0 Å². The maximum Gasteiger partial charge on any atom is 0.136 e. The molecule has 2 aliphatic rings. The summed E-state index contributed by atoms with van der Waals surface area (Å²) in [5.41, 5.74) is 0.0960. The molecule has 1 saturated carbocycles. The van der Waals surface area contributed by atoms with E-state index in [-0.39, 0.29) is 5.60 Å². The van der Waals surface area contributed by atoms with Gasteiger partial charge in [-0.1, -0.05) is 58.3 Å². The van der Waals surface area contributed by atoms with Gasteiger partial charge in [0.1, 0.15) is 5.78 Å². The van der Waals surface area contributed by atoms with Gasteiger partial charge in [0.25, 0.3) is 0 Å². The van der Waals surface area contributed by atoms with E-state index in [9.17, 15) is 4.79 Å². The average Bonchev–Trinajstić information content (AvgIpc) is 2.94. The zero-order valence-corrected chi connectivity index (χ0v) is 14.0. The lowest BCUT2D eigenvalue weighted by Gasteiger charge is -2.37. The van der Waals surface area contributed by atoms with Gasteiger partial charge < -0.3 is 4.74 Å². The van der Waals surface area contributed by atoms with Crippen LogP contribution in [0.2, 0.25) is 0 Å². The van der Waals surface area contributed by atoms with E-state index in [1.165, 1.54) is 64.2 Å². The monoisotopic (exact) mass is 294 g/mol. The van der Waals surface area contributed by atoms with Gasteiger partial charge in [-0.25, -0.2) is 0 Å². The van der Waals surface area contributed by atoms with Crippen molar-refractivity contribution in [3.63, 3.8) is 0 Å². The number of unbranched alkanes of at least 4 members (excludes halogenated alkanes) is 6. The lowest BCUT2D eigenvalue weighted by atomic mass is 9.81.